The van der Waals surface area contributed by atoms with E-state index in [9.17, 15) is 9.59 Å². The first-order valence-corrected chi connectivity index (χ1v) is 8.01. The molecule has 2 fully saturated rings. The third-order valence-electron chi connectivity index (χ3n) is 4.34. The van der Waals surface area contributed by atoms with Crippen molar-refractivity contribution in [2.45, 2.75) is 44.9 Å². The largest absolute Gasteiger partial charge is 0.356 e. The molecule has 2 aliphatic rings. The van der Waals surface area contributed by atoms with Gasteiger partial charge in [0.05, 0.1) is 0 Å². The average Bonchev–Trinajstić information content (AvgIpc) is 2.88. The number of piperidine rings is 1. The van der Waals surface area contributed by atoms with Gasteiger partial charge in [-0.15, -0.1) is 12.4 Å². The lowest BCUT2D eigenvalue weighted by molar-refractivity contribution is -0.127. The predicted molar refractivity (Wildman–Crippen MR) is 85.5 cm³/mol. The minimum Gasteiger partial charge on any atom is -0.356 e. The molecule has 0 bridgehead atoms. The second kappa shape index (κ2) is 10.0. The number of amides is 2. The summed E-state index contributed by atoms with van der Waals surface area (Å²) in [4.78, 5) is 25.1. The molecule has 2 rings (SSSR count). The molecule has 0 atom stereocenters. The first-order valence-electron chi connectivity index (χ1n) is 8.01. The maximum absolute atomic E-state index is 11.7. The lowest BCUT2D eigenvalue weighted by Crippen LogP contribution is -2.31. The Morgan fingerprint density at radius 1 is 1.33 bits per heavy atom. The molecule has 5 nitrogen and oxygen atoms in total. The highest BCUT2D eigenvalue weighted by Crippen LogP contribution is 2.17. The minimum atomic E-state index is 0. The normalized spacial score (nSPS) is 19.4. The lowest BCUT2D eigenvalue weighted by atomic mass is 9.93. The third kappa shape index (κ3) is 6.66. The monoisotopic (exact) mass is 317 g/mol. The van der Waals surface area contributed by atoms with Gasteiger partial charge in [0.15, 0.2) is 0 Å². The predicted octanol–water partition coefficient (Wildman–Crippen LogP) is 1.32. The van der Waals surface area contributed by atoms with Gasteiger partial charge in [0.2, 0.25) is 11.8 Å². The Morgan fingerprint density at radius 3 is 2.76 bits per heavy atom. The Kier molecular flexibility index (Phi) is 8.69. The molecule has 122 valence electrons. The van der Waals surface area contributed by atoms with Gasteiger partial charge in [-0.3, -0.25) is 9.59 Å². The van der Waals surface area contributed by atoms with Crippen molar-refractivity contribution in [2.24, 2.45) is 5.92 Å². The van der Waals surface area contributed by atoms with Crippen LogP contribution in [0.2, 0.25) is 0 Å². The summed E-state index contributed by atoms with van der Waals surface area (Å²) >= 11 is 0. The Labute approximate surface area is 133 Å². The van der Waals surface area contributed by atoms with E-state index in [4.69, 9.17) is 0 Å². The van der Waals surface area contributed by atoms with Crippen LogP contribution in [-0.4, -0.2) is 49.4 Å². The van der Waals surface area contributed by atoms with E-state index < -0.39 is 0 Å². The summed E-state index contributed by atoms with van der Waals surface area (Å²) in [5.41, 5.74) is 0. The average molecular weight is 318 g/mol. The number of halogens is 1. The fraction of sp³-hybridized carbons (Fsp3) is 0.867. The fourth-order valence-corrected chi connectivity index (χ4v) is 3.03. The Bertz CT molecular complexity index is 333. The summed E-state index contributed by atoms with van der Waals surface area (Å²) in [5, 5.41) is 6.31. The van der Waals surface area contributed by atoms with Crippen LogP contribution in [0.5, 0.6) is 0 Å². The molecule has 0 unspecified atom stereocenters. The SMILES string of the molecule is Cl.O=C(CCC1CCNCC1)NCCCN1CCCC1=O. The number of rotatable bonds is 7. The minimum absolute atomic E-state index is 0. The molecular formula is C15H28ClN3O2. The van der Waals surface area contributed by atoms with E-state index in [-0.39, 0.29) is 24.2 Å². The van der Waals surface area contributed by atoms with Crippen LogP contribution in [-0.2, 0) is 9.59 Å². The first-order chi connectivity index (χ1) is 9.75. The lowest BCUT2D eigenvalue weighted by Gasteiger charge is -2.22. The zero-order valence-corrected chi connectivity index (χ0v) is 13.6. The van der Waals surface area contributed by atoms with Crippen molar-refractivity contribution in [2.75, 3.05) is 32.7 Å². The van der Waals surface area contributed by atoms with Gasteiger partial charge in [-0.05, 0) is 51.1 Å². The molecule has 2 amide bonds. The maximum atomic E-state index is 11.7. The summed E-state index contributed by atoms with van der Waals surface area (Å²) in [7, 11) is 0. The van der Waals surface area contributed by atoms with Crippen molar-refractivity contribution < 1.29 is 9.59 Å². The quantitative estimate of drug-likeness (QED) is 0.696. The zero-order valence-electron chi connectivity index (χ0n) is 12.7. The van der Waals surface area contributed by atoms with Crippen LogP contribution in [0.4, 0.5) is 0 Å². The molecule has 0 saturated carbocycles. The number of nitrogens with one attached hydrogen (secondary N) is 2. The molecule has 0 radical (unpaired) electrons. The highest BCUT2D eigenvalue weighted by Gasteiger charge is 2.19. The topological polar surface area (TPSA) is 61.4 Å². The Balaban J connectivity index is 0.00000220. The van der Waals surface area contributed by atoms with E-state index in [0.717, 1.165) is 45.4 Å². The van der Waals surface area contributed by atoms with Crippen molar-refractivity contribution in [3.63, 3.8) is 0 Å². The van der Waals surface area contributed by atoms with Crippen LogP contribution in [0, 0.1) is 5.92 Å². The van der Waals surface area contributed by atoms with Gasteiger partial charge in [0.1, 0.15) is 0 Å². The summed E-state index contributed by atoms with van der Waals surface area (Å²) in [6, 6.07) is 0. The highest BCUT2D eigenvalue weighted by atomic mass is 35.5. The van der Waals surface area contributed by atoms with Gasteiger partial charge in [-0.1, -0.05) is 0 Å². The Morgan fingerprint density at radius 2 is 2.10 bits per heavy atom. The second-order valence-corrected chi connectivity index (χ2v) is 5.92. The van der Waals surface area contributed by atoms with Crippen molar-refractivity contribution >= 4 is 24.2 Å². The Hall–Kier alpha value is -0.810. The van der Waals surface area contributed by atoms with Crippen LogP contribution >= 0.6 is 12.4 Å². The fourth-order valence-electron chi connectivity index (χ4n) is 3.03. The van der Waals surface area contributed by atoms with Crippen LogP contribution in [0.25, 0.3) is 0 Å². The number of carbonyl (C=O) groups is 2. The molecule has 0 aliphatic carbocycles. The van der Waals surface area contributed by atoms with E-state index in [2.05, 4.69) is 10.6 Å². The van der Waals surface area contributed by atoms with Gasteiger partial charge >= 0.3 is 0 Å². The summed E-state index contributed by atoms with van der Waals surface area (Å²) in [6.07, 6.45) is 6.61. The molecule has 2 aliphatic heterocycles. The molecule has 2 heterocycles. The van der Waals surface area contributed by atoms with E-state index in [0.29, 0.717) is 25.3 Å². The van der Waals surface area contributed by atoms with Crippen LogP contribution < -0.4 is 10.6 Å². The third-order valence-corrected chi connectivity index (χ3v) is 4.34. The molecule has 2 saturated heterocycles. The second-order valence-electron chi connectivity index (χ2n) is 5.92. The van der Waals surface area contributed by atoms with Crippen molar-refractivity contribution in [1.82, 2.24) is 15.5 Å². The van der Waals surface area contributed by atoms with Gasteiger partial charge in [0.25, 0.3) is 0 Å². The number of likely N-dealkylation sites (tertiary alicyclic amines) is 1. The molecule has 0 aromatic rings. The van der Waals surface area contributed by atoms with Crippen molar-refractivity contribution in [1.29, 1.82) is 0 Å². The molecule has 0 aromatic heterocycles. The van der Waals surface area contributed by atoms with Gasteiger partial charge in [-0.25, -0.2) is 0 Å². The van der Waals surface area contributed by atoms with Gasteiger partial charge in [-0.2, -0.15) is 0 Å². The summed E-state index contributed by atoms with van der Waals surface area (Å²) in [5.74, 6) is 1.14. The summed E-state index contributed by atoms with van der Waals surface area (Å²) < 4.78 is 0. The molecular weight excluding hydrogens is 290 g/mol. The van der Waals surface area contributed by atoms with Crippen molar-refractivity contribution in [3.8, 4) is 0 Å². The van der Waals surface area contributed by atoms with E-state index in [1.54, 1.807) is 0 Å². The smallest absolute Gasteiger partial charge is 0.222 e. The van der Waals surface area contributed by atoms with Gasteiger partial charge in [0, 0.05) is 32.5 Å². The van der Waals surface area contributed by atoms with Crippen molar-refractivity contribution in [3.05, 3.63) is 0 Å². The highest BCUT2D eigenvalue weighted by molar-refractivity contribution is 5.85. The van der Waals surface area contributed by atoms with Crippen LogP contribution in [0.3, 0.4) is 0 Å². The summed E-state index contributed by atoms with van der Waals surface area (Å²) in [6.45, 7) is 4.55. The van der Waals surface area contributed by atoms with E-state index in [1.165, 1.54) is 12.8 Å². The number of hydrogen-bond acceptors (Lipinski definition) is 3. The van der Waals surface area contributed by atoms with Gasteiger partial charge < -0.3 is 15.5 Å². The first kappa shape index (κ1) is 18.2. The number of carbonyl (C=O) groups excluding carboxylic acids is 2. The molecule has 21 heavy (non-hydrogen) atoms. The van der Waals surface area contributed by atoms with E-state index >= 15 is 0 Å². The number of nitrogens with zero attached hydrogens (tertiary/aromatic N) is 1. The molecule has 0 spiro atoms. The molecule has 2 N–H and O–H groups in total. The van der Waals surface area contributed by atoms with Crippen LogP contribution in [0.1, 0.15) is 44.9 Å². The molecule has 6 heteroatoms. The zero-order chi connectivity index (χ0) is 14.2. The standard InChI is InChI=1S/C15H27N3O2.ClH/c19-14(5-4-13-6-9-16-10-7-13)17-8-2-12-18-11-1-3-15(18)20;/h13,16H,1-12H2,(H,17,19);1H. The van der Waals surface area contributed by atoms with E-state index in [1.807, 2.05) is 4.90 Å². The number of hydrogen-bond donors (Lipinski definition) is 2. The molecule has 0 aromatic carbocycles. The van der Waals surface area contributed by atoms with Crippen LogP contribution in [0.15, 0.2) is 0 Å². The maximum Gasteiger partial charge on any atom is 0.222 e.